The number of ketones is 1. The van der Waals surface area contributed by atoms with Crippen LogP contribution in [0.25, 0.3) is 11.0 Å². The normalized spacial score (nSPS) is 15.1. The maximum Gasteiger partial charge on any atom is 0.294 e. The molecule has 2 amide bonds. The van der Waals surface area contributed by atoms with Gasteiger partial charge in [-0.2, -0.15) is 0 Å². The number of Topliss-reactive ketones (excluding diaryl/α,β-unsaturated/α-hetero) is 1. The Bertz CT molecular complexity index is 1660. The summed E-state index contributed by atoms with van der Waals surface area (Å²) in [4.78, 5) is 40.3. The van der Waals surface area contributed by atoms with Crippen molar-refractivity contribution in [2.45, 2.75) is 13.0 Å². The molecule has 1 unspecified atom stereocenters. The lowest BCUT2D eigenvalue weighted by molar-refractivity contribution is -0.117. The average molecular weight is 547 g/mol. The van der Waals surface area contributed by atoms with Crippen LogP contribution < -0.4 is 19.7 Å². The molecule has 9 nitrogen and oxygen atoms in total. The number of hydrogen-bond acceptors (Lipinski definition) is 7. The lowest BCUT2D eigenvalue weighted by atomic mass is 9.94. The maximum atomic E-state index is 13.9. The standard InChI is InChI=1S/C29H23ClN2O7/c1-15(33)31-19-5-4-6-20(14-19)32-25(16-7-9-21(37-2)10-8-16)24(27(35)29(32)36)26(34)22-12-17-11-18(30)13-23(38-3)28(17)39-22/h4-14,25,35H,1-3H3,(H,31,33). The smallest absolute Gasteiger partial charge is 0.294 e. The molecule has 5 rings (SSSR count). The molecule has 4 aromatic rings. The zero-order valence-corrected chi connectivity index (χ0v) is 21.9. The van der Waals surface area contributed by atoms with E-state index in [1.165, 1.54) is 32.1 Å². The molecule has 3 aromatic carbocycles. The Hall–Kier alpha value is -4.76. The van der Waals surface area contributed by atoms with Gasteiger partial charge in [0.25, 0.3) is 5.91 Å². The van der Waals surface area contributed by atoms with E-state index in [9.17, 15) is 19.5 Å². The van der Waals surface area contributed by atoms with Crippen molar-refractivity contribution in [3.05, 3.63) is 94.4 Å². The molecule has 0 aliphatic carbocycles. The van der Waals surface area contributed by atoms with Crippen LogP contribution in [0.15, 0.2) is 82.5 Å². The van der Waals surface area contributed by atoms with Crippen LogP contribution >= 0.6 is 11.6 Å². The Morgan fingerprint density at radius 3 is 2.44 bits per heavy atom. The molecule has 0 bridgehead atoms. The minimum Gasteiger partial charge on any atom is -0.503 e. The number of carbonyl (C=O) groups is 3. The zero-order chi connectivity index (χ0) is 27.8. The number of furan rings is 1. The largest absolute Gasteiger partial charge is 0.503 e. The second-order valence-electron chi connectivity index (χ2n) is 8.81. The van der Waals surface area contributed by atoms with E-state index >= 15 is 0 Å². The first-order valence-electron chi connectivity index (χ1n) is 11.8. The number of rotatable bonds is 7. The van der Waals surface area contributed by atoms with Crippen LogP contribution in [0.1, 0.15) is 29.1 Å². The lowest BCUT2D eigenvalue weighted by Crippen LogP contribution is -2.31. The van der Waals surface area contributed by atoms with Gasteiger partial charge in [0.1, 0.15) is 5.75 Å². The van der Waals surface area contributed by atoms with E-state index < -0.39 is 23.5 Å². The number of halogens is 1. The maximum absolute atomic E-state index is 13.9. The van der Waals surface area contributed by atoms with Gasteiger partial charge in [-0.05, 0) is 48.0 Å². The molecule has 0 fully saturated rings. The average Bonchev–Trinajstić information content (AvgIpc) is 3.46. The number of aliphatic hydroxyl groups excluding tert-OH is 1. The van der Waals surface area contributed by atoms with Crippen LogP contribution in [0.5, 0.6) is 11.5 Å². The van der Waals surface area contributed by atoms with Crippen molar-refractivity contribution >= 4 is 51.5 Å². The van der Waals surface area contributed by atoms with E-state index in [0.717, 1.165) is 0 Å². The number of aliphatic hydroxyl groups is 1. The molecule has 39 heavy (non-hydrogen) atoms. The third-order valence-corrected chi connectivity index (χ3v) is 6.54. The van der Waals surface area contributed by atoms with Gasteiger partial charge in [0.05, 0.1) is 25.8 Å². The molecule has 1 aromatic heterocycles. The molecule has 0 saturated heterocycles. The summed E-state index contributed by atoms with van der Waals surface area (Å²) >= 11 is 6.18. The summed E-state index contributed by atoms with van der Waals surface area (Å²) < 4.78 is 16.4. The van der Waals surface area contributed by atoms with E-state index in [1.807, 2.05) is 0 Å². The van der Waals surface area contributed by atoms with E-state index in [0.29, 0.717) is 44.4 Å². The van der Waals surface area contributed by atoms with E-state index in [2.05, 4.69) is 5.32 Å². The third-order valence-electron chi connectivity index (χ3n) is 6.32. The highest BCUT2D eigenvalue weighted by Gasteiger charge is 2.45. The third kappa shape index (κ3) is 4.68. The Balaban J connectivity index is 1.65. The van der Waals surface area contributed by atoms with Gasteiger partial charge in [-0.1, -0.05) is 29.8 Å². The summed E-state index contributed by atoms with van der Waals surface area (Å²) in [6, 6.07) is 17.0. The van der Waals surface area contributed by atoms with Gasteiger partial charge in [-0.3, -0.25) is 19.3 Å². The number of carbonyl (C=O) groups excluding carboxylic acids is 3. The predicted octanol–water partition coefficient (Wildman–Crippen LogP) is 5.84. The number of hydrogen-bond donors (Lipinski definition) is 2. The predicted molar refractivity (Wildman–Crippen MR) is 146 cm³/mol. The fraction of sp³-hybridized carbons (Fsp3) is 0.138. The van der Waals surface area contributed by atoms with Crippen LogP contribution in [0.4, 0.5) is 11.4 Å². The monoisotopic (exact) mass is 546 g/mol. The Morgan fingerprint density at radius 1 is 1.03 bits per heavy atom. The molecule has 10 heteroatoms. The van der Waals surface area contributed by atoms with Crippen LogP contribution in [-0.4, -0.2) is 36.9 Å². The van der Waals surface area contributed by atoms with E-state index in [4.69, 9.17) is 25.5 Å². The fourth-order valence-corrected chi connectivity index (χ4v) is 4.84. The fourth-order valence-electron chi connectivity index (χ4n) is 4.62. The Kier molecular flexibility index (Phi) is 6.76. The summed E-state index contributed by atoms with van der Waals surface area (Å²) in [6.45, 7) is 1.37. The van der Waals surface area contributed by atoms with Gasteiger partial charge in [-0.25, -0.2) is 0 Å². The number of nitrogens with zero attached hydrogens (tertiary/aromatic N) is 1. The Labute approximate surface area is 228 Å². The minimum absolute atomic E-state index is 0.104. The number of nitrogens with one attached hydrogen (secondary N) is 1. The van der Waals surface area contributed by atoms with Crippen LogP contribution in [0.3, 0.4) is 0 Å². The number of ether oxygens (including phenoxy) is 2. The molecular weight excluding hydrogens is 524 g/mol. The molecule has 0 spiro atoms. The summed E-state index contributed by atoms with van der Waals surface area (Å²) in [6.07, 6.45) is 0. The van der Waals surface area contributed by atoms with Crippen molar-refractivity contribution in [1.29, 1.82) is 0 Å². The van der Waals surface area contributed by atoms with Crippen molar-refractivity contribution in [3.8, 4) is 11.5 Å². The van der Waals surface area contributed by atoms with Gasteiger partial charge < -0.3 is 24.3 Å². The van der Waals surface area contributed by atoms with E-state index in [1.54, 1.807) is 60.7 Å². The van der Waals surface area contributed by atoms with Crippen LogP contribution in [0, 0.1) is 0 Å². The number of methoxy groups -OCH3 is 2. The first-order chi connectivity index (χ1) is 18.7. The van der Waals surface area contributed by atoms with Crippen molar-refractivity contribution in [2.75, 3.05) is 24.4 Å². The molecule has 1 aliphatic rings. The molecule has 198 valence electrons. The topological polar surface area (TPSA) is 118 Å². The molecule has 0 radical (unpaired) electrons. The summed E-state index contributed by atoms with van der Waals surface area (Å²) in [5, 5.41) is 14.7. The second kappa shape index (κ2) is 10.2. The van der Waals surface area contributed by atoms with Crippen LogP contribution in [-0.2, 0) is 9.59 Å². The highest BCUT2D eigenvalue weighted by molar-refractivity contribution is 6.31. The number of fused-ring (bicyclic) bond motifs is 1. The summed E-state index contributed by atoms with van der Waals surface area (Å²) in [7, 11) is 2.97. The van der Waals surface area contributed by atoms with Crippen LogP contribution in [0.2, 0.25) is 5.02 Å². The van der Waals surface area contributed by atoms with Gasteiger partial charge in [0.15, 0.2) is 22.9 Å². The zero-order valence-electron chi connectivity index (χ0n) is 21.2. The van der Waals surface area contributed by atoms with E-state index in [-0.39, 0.29) is 17.2 Å². The first kappa shape index (κ1) is 25.9. The number of benzene rings is 3. The molecule has 0 saturated carbocycles. The van der Waals surface area contributed by atoms with Crippen molar-refractivity contribution in [3.63, 3.8) is 0 Å². The van der Waals surface area contributed by atoms with Gasteiger partial charge >= 0.3 is 0 Å². The molecule has 1 aliphatic heterocycles. The molecule has 2 N–H and O–H groups in total. The summed E-state index contributed by atoms with van der Waals surface area (Å²) in [5.41, 5.74) is 1.48. The van der Waals surface area contributed by atoms with Gasteiger partial charge in [-0.15, -0.1) is 0 Å². The lowest BCUT2D eigenvalue weighted by Gasteiger charge is -2.27. The van der Waals surface area contributed by atoms with Gasteiger partial charge in [0, 0.05) is 34.8 Å². The first-order valence-corrected chi connectivity index (χ1v) is 12.2. The number of amides is 2. The molecular formula is C29H23ClN2O7. The highest BCUT2D eigenvalue weighted by Crippen LogP contribution is 2.43. The SMILES string of the molecule is COc1ccc(C2C(C(=O)c3cc4cc(Cl)cc(OC)c4o3)=C(O)C(=O)N2c2cccc(NC(C)=O)c2)cc1. The minimum atomic E-state index is -1.01. The quantitative estimate of drug-likeness (QED) is 0.279. The second-order valence-corrected chi connectivity index (χ2v) is 9.25. The summed E-state index contributed by atoms with van der Waals surface area (Å²) in [5.74, 6) is -1.66. The van der Waals surface area contributed by atoms with Crippen molar-refractivity contribution in [2.24, 2.45) is 0 Å². The van der Waals surface area contributed by atoms with Gasteiger partial charge in [0.2, 0.25) is 11.7 Å². The number of anilines is 2. The molecule has 2 heterocycles. The Morgan fingerprint density at radius 2 is 1.77 bits per heavy atom. The molecule has 1 atom stereocenters. The van der Waals surface area contributed by atoms with Crippen molar-refractivity contribution in [1.82, 2.24) is 0 Å². The highest BCUT2D eigenvalue weighted by atomic mass is 35.5. The van der Waals surface area contributed by atoms with Crippen molar-refractivity contribution < 1.29 is 33.4 Å².